The maximum absolute atomic E-state index is 12.5. The molecule has 0 fully saturated rings. The summed E-state index contributed by atoms with van der Waals surface area (Å²) in [6.07, 6.45) is 2.02. The van der Waals surface area contributed by atoms with Crippen LogP contribution in [0.5, 0.6) is 0 Å². The van der Waals surface area contributed by atoms with E-state index in [2.05, 4.69) is 58.7 Å². The standard InChI is InChI=1S/C23H31N5O/c1-16-13-22-25-17(2)21(18(3)28(22)26-16)11-12-23(29)24-15-20(27(4)5)14-19-9-7-6-8-10-19/h6-10,13,20H,11-12,14-15H2,1-5H3,(H,24,29). The molecule has 0 bridgehead atoms. The van der Waals surface area contributed by atoms with E-state index in [4.69, 9.17) is 0 Å². The summed E-state index contributed by atoms with van der Waals surface area (Å²) in [6, 6.07) is 12.6. The van der Waals surface area contributed by atoms with Crippen molar-refractivity contribution in [2.45, 2.75) is 46.1 Å². The molecule has 0 spiro atoms. The van der Waals surface area contributed by atoms with Crippen LogP contribution in [-0.2, 0) is 17.6 Å². The lowest BCUT2D eigenvalue weighted by Gasteiger charge is -2.25. The minimum atomic E-state index is 0.0699. The van der Waals surface area contributed by atoms with Crippen molar-refractivity contribution < 1.29 is 4.79 Å². The lowest BCUT2D eigenvalue weighted by molar-refractivity contribution is -0.121. The topological polar surface area (TPSA) is 62.5 Å². The second-order valence-electron chi connectivity index (χ2n) is 7.93. The van der Waals surface area contributed by atoms with E-state index in [1.54, 1.807) is 0 Å². The van der Waals surface area contributed by atoms with E-state index in [1.807, 2.05) is 37.4 Å². The molecule has 0 aliphatic heterocycles. The number of aryl methyl sites for hydroxylation is 3. The Balaban J connectivity index is 1.58. The molecule has 29 heavy (non-hydrogen) atoms. The summed E-state index contributed by atoms with van der Waals surface area (Å²) in [7, 11) is 4.11. The molecule has 2 aromatic heterocycles. The minimum absolute atomic E-state index is 0.0699. The highest BCUT2D eigenvalue weighted by molar-refractivity contribution is 5.76. The summed E-state index contributed by atoms with van der Waals surface area (Å²) in [5.74, 6) is 0.0699. The first-order chi connectivity index (χ1) is 13.8. The van der Waals surface area contributed by atoms with E-state index in [0.29, 0.717) is 19.4 Å². The number of benzene rings is 1. The summed E-state index contributed by atoms with van der Waals surface area (Å²) >= 11 is 0. The van der Waals surface area contributed by atoms with Gasteiger partial charge in [0.1, 0.15) is 0 Å². The fourth-order valence-electron chi connectivity index (χ4n) is 3.69. The Hall–Kier alpha value is -2.73. The SMILES string of the molecule is Cc1cc2nc(C)c(CCC(=O)NCC(Cc3ccccc3)N(C)C)c(C)n2n1. The van der Waals surface area contributed by atoms with Crippen molar-refractivity contribution in [3.8, 4) is 0 Å². The summed E-state index contributed by atoms with van der Waals surface area (Å²) in [4.78, 5) is 19.3. The molecular formula is C23H31N5O. The van der Waals surface area contributed by atoms with Gasteiger partial charge in [0.2, 0.25) is 5.91 Å². The van der Waals surface area contributed by atoms with Crippen molar-refractivity contribution in [1.82, 2.24) is 24.8 Å². The highest BCUT2D eigenvalue weighted by Gasteiger charge is 2.16. The van der Waals surface area contributed by atoms with Crippen molar-refractivity contribution in [3.63, 3.8) is 0 Å². The molecule has 1 amide bonds. The van der Waals surface area contributed by atoms with Crippen LogP contribution in [0.1, 0.15) is 34.6 Å². The van der Waals surface area contributed by atoms with Crippen LogP contribution in [-0.4, -0.2) is 52.1 Å². The molecule has 2 heterocycles. The van der Waals surface area contributed by atoms with Gasteiger partial charge in [-0.15, -0.1) is 0 Å². The van der Waals surface area contributed by atoms with Gasteiger partial charge in [-0.25, -0.2) is 9.50 Å². The second-order valence-corrected chi connectivity index (χ2v) is 7.93. The van der Waals surface area contributed by atoms with Gasteiger partial charge in [-0.2, -0.15) is 5.10 Å². The highest BCUT2D eigenvalue weighted by Crippen LogP contribution is 2.17. The summed E-state index contributed by atoms with van der Waals surface area (Å²) in [6.45, 7) is 6.65. The quantitative estimate of drug-likeness (QED) is 0.639. The van der Waals surface area contributed by atoms with Gasteiger partial charge in [0.25, 0.3) is 0 Å². The lowest BCUT2D eigenvalue weighted by atomic mass is 10.0. The normalized spacial score (nSPS) is 12.5. The zero-order chi connectivity index (χ0) is 21.0. The van der Waals surface area contributed by atoms with Gasteiger partial charge in [-0.3, -0.25) is 4.79 Å². The van der Waals surface area contributed by atoms with E-state index in [0.717, 1.165) is 34.7 Å². The van der Waals surface area contributed by atoms with Crippen LogP contribution >= 0.6 is 0 Å². The molecular weight excluding hydrogens is 362 g/mol. The third kappa shape index (κ3) is 5.21. The van der Waals surface area contributed by atoms with E-state index < -0.39 is 0 Å². The molecule has 6 heteroatoms. The van der Waals surface area contributed by atoms with Crippen LogP contribution in [0, 0.1) is 20.8 Å². The maximum Gasteiger partial charge on any atom is 0.220 e. The molecule has 0 saturated heterocycles. The first kappa shape index (κ1) is 21.0. The molecule has 1 N–H and O–H groups in total. The molecule has 3 aromatic rings. The van der Waals surface area contributed by atoms with Gasteiger partial charge in [-0.1, -0.05) is 30.3 Å². The molecule has 0 aliphatic carbocycles. The number of carbonyl (C=O) groups excluding carboxylic acids is 1. The third-order valence-corrected chi connectivity index (χ3v) is 5.47. The van der Waals surface area contributed by atoms with Gasteiger partial charge in [-0.05, 0) is 58.8 Å². The zero-order valence-corrected chi connectivity index (χ0v) is 18.1. The number of rotatable bonds is 8. The van der Waals surface area contributed by atoms with Crippen molar-refractivity contribution in [1.29, 1.82) is 0 Å². The van der Waals surface area contributed by atoms with E-state index in [1.165, 1.54) is 5.56 Å². The Labute approximate surface area is 172 Å². The molecule has 0 saturated carbocycles. The van der Waals surface area contributed by atoms with E-state index >= 15 is 0 Å². The average molecular weight is 394 g/mol. The number of aromatic nitrogens is 3. The molecule has 154 valence electrons. The van der Waals surface area contributed by atoms with Gasteiger partial charge in [0.05, 0.1) is 5.69 Å². The minimum Gasteiger partial charge on any atom is -0.355 e. The van der Waals surface area contributed by atoms with Crippen molar-refractivity contribution >= 4 is 11.6 Å². The van der Waals surface area contributed by atoms with Gasteiger partial charge < -0.3 is 10.2 Å². The lowest BCUT2D eigenvalue weighted by Crippen LogP contribution is -2.41. The number of hydrogen-bond acceptors (Lipinski definition) is 4. The fourth-order valence-corrected chi connectivity index (χ4v) is 3.69. The van der Waals surface area contributed by atoms with Crippen molar-refractivity contribution in [3.05, 3.63) is 64.6 Å². The number of carbonyl (C=O) groups is 1. The van der Waals surface area contributed by atoms with Crippen LogP contribution in [0.25, 0.3) is 5.65 Å². The third-order valence-electron chi connectivity index (χ3n) is 5.47. The van der Waals surface area contributed by atoms with Crippen LogP contribution < -0.4 is 5.32 Å². The number of hydrogen-bond donors (Lipinski definition) is 1. The van der Waals surface area contributed by atoms with Crippen LogP contribution in [0.2, 0.25) is 0 Å². The molecule has 0 radical (unpaired) electrons. The molecule has 6 nitrogen and oxygen atoms in total. The monoisotopic (exact) mass is 393 g/mol. The Morgan fingerprint density at radius 1 is 1.17 bits per heavy atom. The fraction of sp³-hybridized carbons (Fsp3) is 0.435. The predicted octanol–water partition coefficient (Wildman–Crippen LogP) is 2.88. The first-order valence-corrected chi connectivity index (χ1v) is 10.1. The molecule has 0 aliphatic rings. The van der Waals surface area contributed by atoms with Crippen molar-refractivity contribution in [2.75, 3.05) is 20.6 Å². The highest BCUT2D eigenvalue weighted by atomic mass is 16.1. The second kappa shape index (κ2) is 9.18. The van der Waals surface area contributed by atoms with Gasteiger partial charge >= 0.3 is 0 Å². The maximum atomic E-state index is 12.5. The molecule has 1 aromatic carbocycles. The summed E-state index contributed by atoms with van der Waals surface area (Å²) in [5.41, 5.74) is 6.22. The van der Waals surface area contributed by atoms with Crippen LogP contribution in [0.4, 0.5) is 0 Å². The summed E-state index contributed by atoms with van der Waals surface area (Å²) < 4.78 is 1.87. The molecule has 1 atom stereocenters. The molecule has 1 unspecified atom stereocenters. The van der Waals surface area contributed by atoms with E-state index in [9.17, 15) is 4.79 Å². The number of nitrogens with zero attached hydrogens (tertiary/aromatic N) is 4. The number of nitrogens with one attached hydrogen (secondary N) is 1. The van der Waals surface area contributed by atoms with Crippen LogP contribution in [0.15, 0.2) is 36.4 Å². The zero-order valence-electron chi connectivity index (χ0n) is 18.1. The molecule has 3 rings (SSSR count). The Morgan fingerprint density at radius 3 is 2.59 bits per heavy atom. The number of amides is 1. The van der Waals surface area contributed by atoms with Crippen molar-refractivity contribution in [2.24, 2.45) is 0 Å². The Bertz CT molecular complexity index is 978. The number of fused-ring (bicyclic) bond motifs is 1. The smallest absolute Gasteiger partial charge is 0.220 e. The van der Waals surface area contributed by atoms with E-state index in [-0.39, 0.29) is 11.9 Å². The van der Waals surface area contributed by atoms with Crippen LogP contribution in [0.3, 0.4) is 0 Å². The Morgan fingerprint density at radius 2 is 1.90 bits per heavy atom. The average Bonchev–Trinajstić information content (AvgIpc) is 3.05. The summed E-state index contributed by atoms with van der Waals surface area (Å²) in [5, 5.41) is 7.62. The first-order valence-electron chi connectivity index (χ1n) is 10.1. The Kier molecular flexibility index (Phi) is 6.64. The number of likely N-dealkylation sites (N-methyl/N-ethyl adjacent to an activating group) is 1. The van der Waals surface area contributed by atoms with Gasteiger partial charge in [0.15, 0.2) is 5.65 Å². The van der Waals surface area contributed by atoms with Gasteiger partial charge in [0, 0.05) is 36.5 Å². The largest absolute Gasteiger partial charge is 0.355 e. The predicted molar refractivity (Wildman–Crippen MR) is 116 cm³/mol.